The van der Waals surface area contributed by atoms with Gasteiger partial charge in [0.15, 0.2) is 28.9 Å². The molecule has 0 saturated carbocycles. The monoisotopic (exact) mass is 1080 g/mol. The molecular weight excluding hydrogens is 1020 g/mol. The molecule has 34 heteroatoms. The Kier molecular flexibility index (Phi) is 66.6. The van der Waals surface area contributed by atoms with Gasteiger partial charge in [0.25, 0.3) is 9.06 Å². The summed E-state index contributed by atoms with van der Waals surface area (Å²) in [5.74, 6) is 0. The summed E-state index contributed by atoms with van der Waals surface area (Å²) in [6, 6.07) is 0. The molecule has 4 unspecified atom stereocenters. The molecule has 0 fully saturated rings. The molecule has 0 spiro atoms. The fraction of sp³-hybridized carbons (Fsp3) is 1.00. The molecule has 1 N–H and O–H groups in total. The quantitative estimate of drug-likeness (QED) is 0.177. The molecule has 18 nitrogen and oxygen atoms in total. The summed E-state index contributed by atoms with van der Waals surface area (Å²) in [6.45, 7) is -2.75. The lowest BCUT2D eigenvalue weighted by Gasteiger charge is -2.07. The lowest BCUT2D eigenvalue weighted by atomic mass is 11.3. The minimum Gasteiger partial charge on any atom is -0.304 e. The van der Waals surface area contributed by atoms with E-state index in [4.69, 9.17) is 0 Å². The first-order valence-corrected chi connectivity index (χ1v) is 37.7. The second-order valence-corrected chi connectivity index (χ2v) is 36.7. The number of hydrogen-bond acceptors (Lipinski definition) is 23. The molecule has 0 bridgehead atoms. The van der Waals surface area contributed by atoms with Gasteiger partial charge in [-0.3, -0.25) is 8.37 Å². The average molecular weight is 1080 g/mol. The summed E-state index contributed by atoms with van der Waals surface area (Å²) < 4.78 is 136. The lowest BCUT2D eigenvalue weighted by molar-refractivity contribution is 0.295. The standard InChI is InChI=1S/C3H9NO2S2.C3H9NOS2.C3H9O3PS.C2H7NOS2.C2H6O3S2.2C2H6O2S2.C2H6OS2/c1-4(2)8(5,6)7-3;1-4(2)7(5)6-3;1-5-7(4,6-2)8-3;1-3-6(4)5-2;1-5-7(3,4)6-2;1-5-6(2,3)4;1-4-6(3)5-2;1-4-5(2)3/h1-3H3;1-3H3;1-3H3;3H,1-2H3;1-2H3;2*1-2H3;1-2H3. The van der Waals surface area contributed by atoms with E-state index < -0.39 is 73.9 Å². The van der Waals surface area contributed by atoms with E-state index in [0.29, 0.717) is 10.8 Å². The molecule has 0 aliphatic rings. The predicted octanol–water partition coefficient (Wildman–Crippen LogP) is 4.31. The first kappa shape index (κ1) is 73.7. The molecule has 0 aliphatic carbocycles. The van der Waals surface area contributed by atoms with Crippen molar-refractivity contribution in [2.24, 2.45) is 0 Å². The van der Waals surface area contributed by atoms with Crippen molar-refractivity contribution in [3.05, 3.63) is 0 Å². The zero-order valence-corrected chi connectivity index (χ0v) is 46.2. The third-order valence-electron chi connectivity index (χ3n) is 3.31. The van der Waals surface area contributed by atoms with Gasteiger partial charge in [-0.15, -0.1) is 0 Å². The van der Waals surface area contributed by atoms with Gasteiger partial charge in [-0.2, -0.15) is 12.7 Å². The van der Waals surface area contributed by atoms with Crippen LogP contribution < -0.4 is 4.72 Å². The van der Waals surface area contributed by atoms with Gasteiger partial charge in [0.2, 0.25) is 10.1 Å². The van der Waals surface area contributed by atoms with Crippen molar-refractivity contribution in [3.8, 4) is 0 Å². The molecule has 0 heterocycles. The number of hydrogen-bond donors (Lipinski definition) is 1. The van der Waals surface area contributed by atoms with Crippen molar-refractivity contribution >= 4 is 161 Å². The number of rotatable bonds is 15. The van der Waals surface area contributed by atoms with Crippen LogP contribution in [0.1, 0.15) is 0 Å². The maximum atomic E-state index is 10.8. The topological polar surface area (TPSA) is 243 Å². The zero-order valence-electron chi connectivity index (χ0n) is 33.1. The Labute approximate surface area is 360 Å². The van der Waals surface area contributed by atoms with E-state index in [1.165, 1.54) is 108 Å². The first-order chi connectivity index (χ1) is 23.9. The van der Waals surface area contributed by atoms with Crippen LogP contribution in [0.15, 0.2) is 0 Å². The molecule has 0 aromatic heterocycles. The summed E-state index contributed by atoms with van der Waals surface area (Å²) >= 11 is 1.08. The Hall–Kier alpha value is 3.20. The molecule has 0 aromatic carbocycles. The second kappa shape index (κ2) is 47.9. The van der Waals surface area contributed by atoms with Gasteiger partial charge in [0, 0.05) is 54.9 Å². The van der Waals surface area contributed by atoms with Gasteiger partial charge < -0.3 is 9.05 Å². The molecule has 0 radical (unpaired) electrons. The van der Waals surface area contributed by atoms with E-state index in [-0.39, 0.29) is 0 Å². The van der Waals surface area contributed by atoms with Gasteiger partial charge in [0.05, 0.1) is 24.1 Å². The van der Waals surface area contributed by atoms with Crippen molar-refractivity contribution in [2.45, 2.75) is 0 Å². The van der Waals surface area contributed by atoms with E-state index in [2.05, 4.69) is 22.1 Å². The Balaban J connectivity index is -0.0000000731. The van der Waals surface area contributed by atoms with Crippen LogP contribution in [-0.4, -0.2) is 177 Å². The van der Waals surface area contributed by atoms with Gasteiger partial charge in [-0.25, -0.2) is 47.3 Å². The zero-order chi connectivity index (χ0) is 44.7. The van der Waals surface area contributed by atoms with Crippen molar-refractivity contribution in [3.63, 3.8) is 0 Å². The van der Waals surface area contributed by atoms with Gasteiger partial charge in [-0.1, -0.05) is 10.8 Å². The summed E-state index contributed by atoms with van der Waals surface area (Å²) in [5.41, 5.74) is 0. The van der Waals surface area contributed by atoms with Crippen LogP contribution in [0.5, 0.6) is 0 Å². The first-order valence-electron chi connectivity index (χ1n) is 12.5. The predicted molar refractivity (Wildman–Crippen MR) is 251 cm³/mol. The average Bonchev–Trinajstić information content (AvgIpc) is 3.14. The molecular formula is C19H58N3O15PS15. The van der Waals surface area contributed by atoms with E-state index in [0.717, 1.165) is 40.1 Å². The van der Waals surface area contributed by atoms with E-state index in [1.807, 2.05) is 12.5 Å². The van der Waals surface area contributed by atoms with E-state index in [9.17, 15) is 46.7 Å². The van der Waals surface area contributed by atoms with Crippen molar-refractivity contribution in [2.75, 3.05) is 126 Å². The molecule has 334 valence electrons. The van der Waals surface area contributed by atoms with Crippen LogP contribution in [0.2, 0.25) is 0 Å². The Morgan fingerprint density at radius 3 is 1.04 bits per heavy atom. The molecule has 0 rings (SSSR count). The maximum Gasteiger partial charge on any atom is 0.388 e. The van der Waals surface area contributed by atoms with Crippen molar-refractivity contribution < 1.29 is 64.1 Å². The third-order valence-corrected chi connectivity index (χ3v) is 23.6. The van der Waals surface area contributed by atoms with Gasteiger partial charge in [0.1, 0.15) is 0 Å². The summed E-state index contributed by atoms with van der Waals surface area (Å²) in [4.78, 5) is 0. The van der Waals surface area contributed by atoms with Crippen molar-refractivity contribution in [1.82, 2.24) is 13.3 Å². The molecule has 0 saturated heterocycles. The fourth-order valence-corrected chi connectivity index (χ4v) is 6.22. The molecule has 0 amide bonds. The van der Waals surface area contributed by atoms with E-state index >= 15 is 0 Å². The SMILES string of the molecule is CNS(=O)SC.COP(=O)(OC)SC.COS(=O)(=O)SC.COS(=O)SC.CSS(=O)(=O)N(C)C.CSS(=O)N(C)C.CSS(C)(=O)=O.CSS(C)=O. The number of nitrogens with zero attached hydrogens (tertiary/aromatic N) is 2. The summed E-state index contributed by atoms with van der Waals surface area (Å²) in [5, 5.41) is 0. The summed E-state index contributed by atoms with van der Waals surface area (Å²) in [7, 11) is 8.57. The molecule has 4 atom stereocenters. The summed E-state index contributed by atoms with van der Waals surface area (Å²) in [6.07, 6.45) is 16.2. The van der Waals surface area contributed by atoms with Gasteiger partial charge in [-0.05, 0) is 133 Å². The van der Waals surface area contributed by atoms with Crippen LogP contribution in [0, 0.1) is 0 Å². The Morgan fingerprint density at radius 1 is 0.660 bits per heavy atom. The maximum absolute atomic E-state index is 10.8. The highest BCUT2D eigenvalue weighted by Crippen LogP contribution is 2.57. The normalized spacial score (nSPS) is 13.2. The van der Waals surface area contributed by atoms with Crippen LogP contribution in [0.4, 0.5) is 0 Å². The number of nitrogens with one attached hydrogen (secondary N) is 1. The van der Waals surface area contributed by atoms with Crippen LogP contribution in [0.3, 0.4) is 0 Å². The smallest absolute Gasteiger partial charge is 0.304 e. The van der Waals surface area contributed by atoms with E-state index in [1.54, 1.807) is 50.5 Å². The highest BCUT2D eigenvalue weighted by atomic mass is 33.2. The molecule has 0 aromatic rings. The highest BCUT2D eigenvalue weighted by Gasteiger charge is 2.17. The largest absolute Gasteiger partial charge is 0.388 e. The Morgan fingerprint density at radius 2 is 1.04 bits per heavy atom. The minimum absolute atomic E-state index is 0.656. The molecule has 0 aliphatic heterocycles. The van der Waals surface area contributed by atoms with Crippen LogP contribution in [0.25, 0.3) is 0 Å². The lowest BCUT2D eigenvalue weighted by Crippen LogP contribution is -2.17. The Bertz CT molecular complexity index is 1240. The van der Waals surface area contributed by atoms with Crippen LogP contribution in [-0.2, 0) is 89.0 Å². The molecule has 53 heavy (non-hydrogen) atoms. The van der Waals surface area contributed by atoms with Crippen molar-refractivity contribution in [1.29, 1.82) is 0 Å². The third kappa shape index (κ3) is 73.2. The second-order valence-electron chi connectivity index (χ2n) is 6.92. The minimum atomic E-state index is -3.24. The van der Waals surface area contributed by atoms with Gasteiger partial charge >= 0.3 is 15.9 Å². The fourth-order valence-electron chi connectivity index (χ4n) is 0.741. The highest BCUT2D eigenvalue weighted by molar-refractivity contribution is 8.72. The van der Waals surface area contributed by atoms with Crippen LogP contribution >= 0.6 is 93.7 Å².